The largest absolute Gasteiger partial charge is 0.515 e. The Morgan fingerprint density at radius 1 is 1.16 bits per heavy atom. The van der Waals surface area contributed by atoms with Gasteiger partial charge in [-0.1, -0.05) is 53.5 Å². The lowest BCUT2D eigenvalue weighted by atomic mass is 10.0. The number of rotatable bonds is 4. The normalized spacial score (nSPS) is 10.5. The minimum absolute atomic E-state index is 0.114. The number of hydrogen-bond acceptors (Lipinski definition) is 4. The van der Waals surface area contributed by atoms with Crippen LogP contribution in [0.2, 0.25) is 10.0 Å². The molecule has 3 rings (SSSR count). The SMILES string of the molecule is CCOC(=O)Oc1ccn(-c2c(Cl)cc(Cl)cc2-c2ccccc2)n1. The van der Waals surface area contributed by atoms with Gasteiger partial charge in [0.2, 0.25) is 5.88 Å². The van der Waals surface area contributed by atoms with E-state index in [4.69, 9.17) is 32.7 Å². The highest BCUT2D eigenvalue weighted by molar-refractivity contribution is 6.36. The lowest BCUT2D eigenvalue weighted by molar-refractivity contribution is 0.102. The Morgan fingerprint density at radius 2 is 1.92 bits per heavy atom. The first-order valence-electron chi connectivity index (χ1n) is 7.53. The van der Waals surface area contributed by atoms with E-state index in [0.717, 1.165) is 11.1 Å². The van der Waals surface area contributed by atoms with Crippen LogP contribution in [-0.4, -0.2) is 22.5 Å². The zero-order valence-corrected chi connectivity index (χ0v) is 14.8. The van der Waals surface area contributed by atoms with Crippen molar-refractivity contribution in [2.45, 2.75) is 6.92 Å². The van der Waals surface area contributed by atoms with Crippen molar-refractivity contribution >= 4 is 29.4 Å². The zero-order valence-electron chi connectivity index (χ0n) is 13.3. The van der Waals surface area contributed by atoms with Crippen LogP contribution in [0.3, 0.4) is 0 Å². The number of ether oxygens (including phenoxy) is 2. The molecule has 0 aliphatic rings. The van der Waals surface area contributed by atoms with E-state index in [1.165, 1.54) is 4.68 Å². The van der Waals surface area contributed by atoms with Crippen molar-refractivity contribution in [2.24, 2.45) is 0 Å². The second kappa shape index (κ2) is 7.59. The molecule has 0 unspecified atom stereocenters. The summed E-state index contributed by atoms with van der Waals surface area (Å²) in [5, 5.41) is 5.19. The molecular weight excluding hydrogens is 363 g/mol. The molecule has 1 aromatic heterocycles. The van der Waals surface area contributed by atoms with Gasteiger partial charge >= 0.3 is 6.16 Å². The molecule has 2 aromatic carbocycles. The summed E-state index contributed by atoms with van der Waals surface area (Å²) in [7, 11) is 0. The lowest BCUT2D eigenvalue weighted by Crippen LogP contribution is -2.10. The van der Waals surface area contributed by atoms with Gasteiger partial charge in [0.25, 0.3) is 0 Å². The van der Waals surface area contributed by atoms with Gasteiger partial charge in [0.05, 0.1) is 17.3 Å². The number of carbonyl (C=O) groups is 1. The third-order valence-corrected chi connectivity index (χ3v) is 3.86. The van der Waals surface area contributed by atoms with Gasteiger partial charge in [-0.05, 0) is 24.6 Å². The number of nitrogens with zero attached hydrogens (tertiary/aromatic N) is 2. The Hall–Kier alpha value is -2.50. The van der Waals surface area contributed by atoms with E-state index >= 15 is 0 Å². The molecule has 0 fully saturated rings. The van der Waals surface area contributed by atoms with Crippen molar-refractivity contribution < 1.29 is 14.3 Å². The molecule has 0 bridgehead atoms. The van der Waals surface area contributed by atoms with Crippen LogP contribution in [0.25, 0.3) is 16.8 Å². The van der Waals surface area contributed by atoms with Crippen molar-refractivity contribution in [1.82, 2.24) is 9.78 Å². The molecule has 25 heavy (non-hydrogen) atoms. The number of halogens is 2. The number of benzene rings is 2. The number of hydrogen-bond donors (Lipinski definition) is 0. The average molecular weight is 377 g/mol. The fraction of sp³-hybridized carbons (Fsp3) is 0.111. The highest BCUT2D eigenvalue weighted by Gasteiger charge is 2.16. The van der Waals surface area contributed by atoms with Crippen molar-refractivity contribution in [3.63, 3.8) is 0 Å². The molecule has 0 radical (unpaired) electrons. The minimum atomic E-state index is -0.807. The highest BCUT2D eigenvalue weighted by atomic mass is 35.5. The van der Waals surface area contributed by atoms with Gasteiger partial charge in [-0.25, -0.2) is 9.48 Å². The van der Waals surface area contributed by atoms with Gasteiger partial charge in [0, 0.05) is 22.8 Å². The quantitative estimate of drug-likeness (QED) is 0.573. The van der Waals surface area contributed by atoms with Crippen LogP contribution < -0.4 is 4.74 Å². The number of aromatic nitrogens is 2. The summed E-state index contributed by atoms with van der Waals surface area (Å²) in [6.45, 7) is 1.92. The summed E-state index contributed by atoms with van der Waals surface area (Å²) in [6.07, 6.45) is 0.842. The zero-order chi connectivity index (χ0) is 17.8. The topological polar surface area (TPSA) is 53.4 Å². The van der Waals surface area contributed by atoms with Gasteiger partial charge in [-0.3, -0.25) is 0 Å². The molecule has 0 atom stereocenters. The van der Waals surface area contributed by atoms with Crippen LogP contribution in [0.1, 0.15) is 6.92 Å². The Morgan fingerprint density at radius 3 is 2.64 bits per heavy atom. The fourth-order valence-electron chi connectivity index (χ4n) is 2.36. The van der Waals surface area contributed by atoms with Crippen LogP contribution in [-0.2, 0) is 4.74 Å². The predicted molar refractivity (Wildman–Crippen MR) is 96.7 cm³/mol. The van der Waals surface area contributed by atoms with Crippen molar-refractivity contribution in [2.75, 3.05) is 6.61 Å². The molecule has 0 amide bonds. The van der Waals surface area contributed by atoms with Crippen LogP contribution in [0.5, 0.6) is 5.88 Å². The van der Waals surface area contributed by atoms with E-state index in [9.17, 15) is 4.79 Å². The highest BCUT2D eigenvalue weighted by Crippen LogP contribution is 2.35. The second-order valence-corrected chi connectivity index (χ2v) is 5.88. The summed E-state index contributed by atoms with van der Waals surface area (Å²) in [4.78, 5) is 11.4. The van der Waals surface area contributed by atoms with Crippen molar-refractivity contribution in [1.29, 1.82) is 0 Å². The first-order valence-corrected chi connectivity index (χ1v) is 8.29. The maximum Gasteiger partial charge on any atom is 0.515 e. The van der Waals surface area contributed by atoms with Gasteiger partial charge in [-0.2, -0.15) is 0 Å². The summed E-state index contributed by atoms with van der Waals surface area (Å²) < 4.78 is 11.3. The first kappa shape index (κ1) is 17.3. The van der Waals surface area contributed by atoms with E-state index in [-0.39, 0.29) is 12.5 Å². The molecule has 0 aliphatic carbocycles. The molecule has 3 aromatic rings. The molecular formula is C18H14Cl2N2O3. The van der Waals surface area contributed by atoms with Crippen LogP contribution in [0.4, 0.5) is 4.79 Å². The molecule has 0 saturated carbocycles. The van der Waals surface area contributed by atoms with E-state index in [1.807, 2.05) is 36.4 Å². The Bertz CT molecular complexity index is 895. The summed E-state index contributed by atoms with van der Waals surface area (Å²) in [5.74, 6) is 0.114. The van der Waals surface area contributed by atoms with E-state index in [2.05, 4.69) is 5.10 Å². The summed E-state index contributed by atoms with van der Waals surface area (Å²) in [5.41, 5.74) is 2.38. The van der Waals surface area contributed by atoms with Gasteiger partial charge in [0.1, 0.15) is 0 Å². The second-order valence-electron chi connectivity index (χ2n) is 5.03. The molecule has 128 valence electrons. The molecule has 5 nitrogen and oxygen atoms in total. The van der Waals surface area contributed by atoms with E-state index in [0.29, 0.717) is 15.7 Å². The standard InChI is InChI=1S/C18H14Cl2N2O3/c1-2-24-18(23)25-16-8-9-22(21-16)17-14(10-13(19)11-15(17)20)12-6-4-3-5-7-12/h3-11H,2H2,1H3. The van der Waals surface area contributed by atoms with E-state index < -0.39 is 6.16 Å². The monoisotopic (exact) mass is 376 g/mol. The van der Waals surface area contributed by atoms with Crippen LogP contribution >= 0.6 is 23.2 Å². The molecule has 0 aliphatic heterocycles. The first-order chi connectivity index (χ1) is 12.1. The Kier molecular flexibility index (Phi) is 5.26. The smallest absolute Gasteiger partial charge is 0.434 e. The Balaban J connectivity index is 2.03. The average Bonchev–Trinajstić information content (AvgIpc) is 3.03. The molecule has 0 spiro atoms. The summed E-state index contributed by atoms with van der Waals surface area (Å²) in [6, 6.07) is 14.7. The van der Waals surface area contributed by atoms with Gasteiger partial charge in [-0.15, -0.1) is 5.10 Å². The lowest BCUT2D eigenvalue weighted by Gasteiger charge is -2.12. The minimum Gasteiger partial charge on any atom is -0.434 e. The van der Waals surface area contributed by atoms with Crippen LogP contribution in [0, 0.1) is 0 Å². The third kappa shape index (κ3) is 3.95. The van der Waals surface area contributed by atoms with Crippen molar-refractivity contribution in [3.05, 3.63) is 64.8 Å². The van der Waals surface area contributed by atoms with Crippen molar-refractivity contribution in [3.8, 4) is 22.7 Å². The van der Waals surface area contributed by atoms with E-state index in [1.54, 1.807) is 25.3 Å². The van der Waals surface area contributed by atoms with Gasteiger partial charge in [0.15, 0.2) is 0 Å². The maximum absolute atomic E-state index is 11.4. The number of carbonyl (C=O) groups excluding carboxylic acids is 1. The molecule has 1 heterocycles. The molecule has 0 saturated heterocycles. The maximum atomic E-state index is 11.4. The molecule has 0 N–H and O–H groups in total. The summed E-state index contributed by atoms with van der Waals surface area (Å²) >= 11 is 12.6. The Labute approximate surface area is 154 Å². The van der Waals surface area contributed by atoms with Gasteiger partial charge < -0.3 is 9.47 Å². The van der Waals surface area contributed by atoms with Crippen LogP contribution in [0.15, 0.2) is 54.7 Å². The predicted octanol–water partition coefficient (Wildman–Crippen LogP) is 5.38. The fourth-order valence-corrected chi connectivity index (χ4v) is 2.94. The third-order valence-electron chi connectivity index (χ3n) is 3.36. The molecule has 7 heteroatoms.